The summed E-state index contributed by atoms with van der Waals surface area (Å²) in [5.74, 6) is 1.75. The van der Waals surface area contributed by atoms with Gasteiger partial charge in [-0.15, -0.1) is 24.0 Å². The molecule has 1 aliphatic heterocycles. The molecule has 0 radical (unpaired) electrons. The lowest BCUT2D eigenvalue weighted by Gasteiger charge is -2.36. The highest BCUT2D eigenvalue weighted by Crippen LogP contribution is 2.11. The van der Waals surface area contributed by atoms with Gasteiger partial charge in [-0.3, -0.25) is 4.99 Å². The summed E-state index contributed by atoms with van der Waals surface area (Å²) < 4.78 is 0. The van der Waals surface area contributed by atoms with E-state index in [4.69, 9.17) is 0 Å². The SMILES string of the molecule is CCN(C)Cc1cccc(CNC(=NC)N2CCN(c3ncccn3)CC2)c1.I. The molecule has 3 rings (SSSR count). The van der Waals surface area contributed by atoms with Crippen molar-refractivity contribution < 1.29 is 0 Å². The minimum atomic E-state index is 0. The van der Waals surface area contributed by atoms with Gasteiger partial charge in [0.15, 0.2) is 5.96 Å². The van der Waals surface area contributed by atoms with Crippen LogP contribution in [0.2, 0.25) is 0 Å². The van der Waals surface area contributed by atoms with Gasteiger partial charge < -0.3 is 20.0 Å². The quantitative estimate of drug-likeness (QED) is 0.367. The average molecular weight is 509 g/mol. The number of piperazine rings is 1. The van der Waals surface area contributed by atoms with Crippen LogP contribution >= 0.6 is 24.0 Å². The Bertz CT molecular complexity index is 761. The summed E-state index contributed by atoms with van der Waals surface area (Å²) in [6.07, 6.45) is 3.59. The van der Waals surface area contributed by atoms with E-state index in [-0.39, 0.29) is 24.0 Å². The molecule has 0 bridgehead atoms. The third-order valence-electron chi connectivity index (χ3n) is 5.06. The summed E-state index contributed by atoms with van der Waals surface area (Å²) >= 11 is 0. The monoisotopic (exact) mass is 509 g/mol. The van der Waals surface area contributed by atoms with Crippen LogP contribution in [-0.2, 0) is 13.1 Å². The summed E-state index contributed by atoms with van der Waals surface area (Å²) in [7, 11) is 3.99. The summed E-state index contributed by atoms with van der Waals surface area (Å²) in [4.78, 5) is 20.0. The highest BCUT2D eigenvalue weighted by atomic mass is 127. The number of nitrogens with zero attached hydrogens (tertiary/aromatic N) is 6. The molecule has 1 aromatic carbocycles. The van der Waals surface area contributed by atoms with Gasteiger partial charge in [-0.05, 0) is 30.8 Å². The minimum Gasteiger partial charge on any atom is -0.352 e. The molecule has 1 saturated heterocycles. The van der Waals surface area contributed by atoms with E-state index in [1.807, 2.05) is 13.1 Å². The molecule has 1 fully saturated rings. The van der Waals surface area contributed by atoms with Gasteiger partial charge in [0, 0.05) is 58.7 Å². The average Bonchev–Trinajstić information content (AvgIpc) is 2.75. The van der Waals surface area contributed by atoms with Crippen molar-refractivity contribution in [1.82, 2.24) is 25.1 Å². The smallest absolute Gasteiger partial charge is 0.225 e. The zero-order valence-corrected chi connectivity index (χ0v) is 19.9. The summed E-state index contributed by atoms with van der Waals surface area (Å²) in [5, 5.41) is 3.52. The molecular weight excluding hydrogens is 477 g/mol. The molecule has 0 amide bonds. The minimum absolute atomic E-state index is 0. The molecule has 0 spiro atoms. The fourth-order valence-electron chi connectivity index (χ4n) is 3.35. The Morgan fingerprint density at radius 3 is 2.45 bits per heavy atom. The van der Waals surface area contributed by atoms with Crippen molar-refractivity contribution in [1.29, 1.82) is 0 Å². The van der Waals surface area contributed by atoms with E-state index < -0.39 is 0 Å². The first-order valence-corrected chi connectivity index (χ1v) is 9.93. The van der Waals surface area contributed by atoms with Gasteiger partial charge >= 0.3 is 0 Å². The molecule has 29 heavy (non-hydrogen) atoms. The third kappa shape index (κ3) is 6.81. The van der Waals surface area contributed by atoms with Crippen LogP contribution in [0, 0.1) is 0 Å². The van der Waals surface area contributed by atoms with Gasteiger partial charge in [0.2, 0.25) is 5.95 Å². The number of anilines is 1. The number of benzene rings is 1. The van der Waals surface area contributed by atoms with Crippen molar-refractivity contribution >= 4 is 35.9 Å². The van der Waals surface area contributed by atoms with Gasteiger partial charge in [0.25, 0.3) is 0 Å². The second-order valence-corrected chi connectivity index (χ2v) is 7.07. The number of hydrogen-bond donors (Lipinski definition) is 1. The lowest BCUT2D eigenvalue weighted by atomic mass is 10.1. The first-order valence-electron chi connectivity index (χ1n) is 9.93. The molecule has 158 valence electrons. The molecule has 2 heterocycles. The first-order chi connectivity index (χ1) is 13.7. The summed E-state index contributed by atoms with van der Waals surface area (Å²) in [5.41, 5.74) is 2.62. The van der Waals surface area contributed by atoms with Gasteiger partial charge in [-0.25, -0.2) is 9.97 Å². The summed E-state index contributed by atoms with van der Waals surface area (Å²) in [6, 6.07) is 10.6. The highest BCUT2D eigenvalue weighted by molar-refractivity contribution is 14.0. The molecule has 0 atom stereocenters. The lowest BCUT2D eigenvalue weighted by Crippen LogP contribution is -2.52. The predicted octanol–water partition coefficient (Wildman–Crippen LogP) is 2.44. The standard InChI is InChI=1S/C21H31N7.HI/c1-4-26(3)17-19-8-5-7-18(15-19)16-25-20(22-2)27-11-13-28(14-12-27)21-23-9-6-10-24-21;/h5-10,15H,4,11-14,16-17H2,1-3H3,(H,22,25);1H. The topological polar surface area (TPSA) is 59.9 Å². The maximum absolute atomic E-state index is 4.48. The molecule has 7 nitrogen and oxygen atoms in total. The zero-order chi connectivity index (χ0) is 19.8. The van der Waals surface area contributed by atoms with Crippen LogP contribution < -0.4 is 10.2 Å². The maximum atomic E-state index is 4.48. The molecule has 1 aromatic heterocycles. The number of aliphatic imine (C=N–C) groups is 1. The van der Waals surface area contributed by atoms with Crippen LogP contribution in [0.5, 0.6) is 0 Å². The van der Waals surface area contributed by atoms with E-state index >= 15 is 0 Å². The predicted molar refractivity (Wildman–Crippen MR) is 130 cm³/mol. The Hall–Kier alpha value is -1.94. The molecule has 8 heteroatoms. The van der Waals surface area contributed by atoms with Crippen LogP contribution in [0.4, 0.5) is 5.95 Å². The van der Waals surface area contributed by atoms with Crippen molar-refractivity contribution in [2.75, 3.05) is 51.7 Å². The fourth-order valence-corrected chi connectivity index (χ4v) is 3.35. The highest BCUT2D eigenvalue weighted by Gasteiger charge is 2.20. The molecule has 0 saturated carbocycles. The fraction of sp³-hybridized carbons (Fsp3) is 0.476. The van der Waals surface area contributed by atoms with E-state index in [1.54, 1.807) is 12.4 Å². The molecule has 0 unspecified atom stereocenters. The second kappa shape index (κ2) is 11.9. The third-order valence-corrected chi connectivity index (χ3v) is 5.06. The van der Waals surface area contributed by atoms with Crippen molar-refractivity contribution in [2.24, 2.45) is 4.99 Å². The zero-order valence-electron chi connectivity index (χ0n) is 17.6. The number of rotatable bonds is 6. The molecule has 1 aliphatic rings. The van der Waals surface area contributed by atoms with Gasteiger partial charge in [0.05, 0.1) is 0 Å². The van der Waals surface area contributed by atoms with Crippen LogP contribution in [0.15, 0.2) is 47.7 Å². The van der Waals surface area contributed by atoms with E-state index in [9.17, 15) is 0 Å². The van der Waals surface area contributed by atoms with Crippen molar-refractivity contribution in [3.8, 4) is 0 Å². The number of halogens is 1. The maximum Gasteiger partial charge on any atom is 0.225 e. The van der Waals surface area contributed by atoms with E-state index in [1.165, 1.54) is 11.1 Å². The van der Waals surface area contributed by atoms with Gasteiger partial charge in [-0.2, -0.15) is 0 Å². The Labute approximate surface area is 191 Å². The normalized spacial score (nSPS) is 14.7. The van der Waals surface area contributed by atoms with Crippen molar-refractivity contribution in [3.05, 3.63) is 53.9 Å². The number of aromatic nitrogens is 2. The van der Waals surface area contributed by atoms with Crippen LogP contribution in [0.1, 0.15) is 18.1 Å². The van der Waals surface area contributed by atoms with Crippen molar-refractivity contribution in [3.63, 3.8) is 0 Å². The lowest BCUT2D eigenvalue weighted by molar-refractivity contribution is 0.345. The Balaban J connectivity index is 0.00000300. The van der Waals surface area contributed by atoms with E-state index in [0.717, 1.165) is 57.7 Å². The summed E-state index contributed by atoms with van der Waals surface area (Å²) in [6.45, 7) is 8.57. The second-order valence-electron chi connectivity index (χ2n) is 7.07. The first kappa shape index (κ1) is 23.3. The molecule has 2 aromatic rings. The van der Waals surface area contributed by atoms with Gasteiger partial charge in [-0.1, -0.05) is 31.2 Å². The Morgan fingerprint density at radius 1 is 1.10 bits per heavy atom. The van der Waals surface area contributed by atoms with Crippen LogP contribution in [0.3, 0.4) is 0 Å². The van der Waals surface area contributed by atoms with E-state index in [2.05, 4.69) is 73.2 Å². The number of hydrogen-bond acceptors (Lipinski definition) is 5. The Kier molecular flexibility index (Phi) is 9.59. The molecular formula is C21H32IN7. The van der Waals surface area contributed by atoms with Gasteiger partial charge in [0.1, 0.15) is 0 Å². The van der Waals surface area contributed by atoms with E-state index in [0.29, 0.717) is 0 Å². The largest absolute Gasteiger partial charge is 0.352 e. The number of guanidine groups is 1. The van der Waals surface area contributed by atoms with Crippen LogP contribution in [0.25, 0.3) is 0 Å². The number of nitrogens with one attached hydrogen (secondary N) is 1. The Morgan fingerprint density at radius 2 is 1.79 bits per heavy atom. The molecule has 1 N–H and O–H groups in total. The molecule has 0 aliphatic carbocycles. The van der Waals surface area contributed by atoms with Crippen LogP contribution in [-0.4, -0.2) is 72.5 Å². The van der Waals surface area contributed by atoms with Crippen molar-refractivity contribution in [2.45, 2.75) is 20.0 Å².